The van der Waals surface area contributed by atoms with Gasteiger partial charge in [0.05, 0.1) is 10.7 Å². The first-order valence-corrected chi connectivity index (χ1v) is 7.75. The molecule has 0 radical (unpaired) electrons. The standard InChI is InChI=1S/C14H11BrN2O3S/c15-10-2-1-3-11(8-10)16-14(18)9-21-13-6-4-12(5-7-13)17(19)20/h1-8H,9H2,(H,16,18). The van der Waals surface area contributed by atoms with Crippen LogP contribution in [-0.4, -0.2) is 16.6 Å². The lowest BCUT2D eigenvalue weighted by Crippen LogP contribution is -2.13. The van der Waals surface area contributed by atoms with Crippen LogP contribution < -0.4 is 5.32 Å². The Balaban J connectivity index is 1.87. The van der Waals surface area contributed by atoms with Crippen LogP contribution in [0.1, 0.15) is 0 Å². The molecule has 0 heterocycles. The van der Waals surface area contributed by atoms with E-state index in [1.165, 1.54) is 23.9 Å². The van der Waals surface area contributed by atoms with E-state index in [0.29, 0.717) is 0 Å². The Kier molecular flexibility index (Phi) is 5.35. The van der Waals surface area contributed by atoms with Gasteiger partial charge in [0.1, 0.15) is 0 Å². The van der Waals surface area contributed by atoms with Crippen molar-refractivity contribution in [2.45, 2.75) is 4.90 Å². The largest absolute Gasteiger partial charge is 0.325 e. The van der Waals surface area contributed by atoms with E-state index in [9.17, 15) is 14.9 Å². The summed E-state index contributed by atoms with van der Waals surface area (Å²) in [4.78, 5) is 22.7. The molecular weight excluding hydrogens is 356 g/mol. The molecule has 21 heavy (non-hydrogen) atoms. The fourth-order valence-corrected chi connectivity index (χ4v) is 2.67. The number of carbonyl (C=O) groups excluding carboxylic acids is 1. The second-order valence-electron chi connectivity index (χ2n) is 4.10. The maximum absolute atomic E-state index is 11.8. The Hall–Kier alpha value is -1.86. The first-order chi connectivity index (χ1) is 10.0. The lowest BCUT2D eigenvalue weighted by atomic mass is 10.3. The fourth-order valence-electron chi connectivity index (χ4n) is 1.58. The summed E-state index contributed by atoms with van der Waals surface area (Å²) in [5.74, 6) is 0.112. The lowest BCUT2D eigenvalue weighted by Gasteiger charge is -2.05. The first-order valence-electron chi connectivity index (χ1n) is 5.97. The average molecular weight is 367 g/mol. The first kappa shape index (κ1) is 15.5. The van der Waals surface area contributed by atoms with Crippen LogP contribution in [0.5, 0.6) is 0 Å². The highest BCUT2D eigenvalue weighted by atomic mass is 79.9. The van der Waals surface area contributed by atoms with Crippen LogP contribution in [0, 0.1) is 10.1 Å². The number of carbonyl (C=O) groups is 1. The summed E-state index contributed by atoms with van der Waals surface area (Å²) in [5, 5.41) is 13.3. The molecule has 108 valence electrons. The number of nitrogens with one attached hydrogen (secondary N) is 1. The molecule has 0 fully saturated rings. The number of hydrogen-bond donors (Lipinski definition) is 1. The van der Waals surface area contributed by atoms with Gasteiger partial charge in [-0.25, -0.2) is 0 Å². The minimum absolute atomic E-state index is 0.0398. The van der Waals surface area contributed by atoms with Crippen molar-refractivity contribution >= 4 is 45.0 Å². The Morgan fingerprint density at radius 3 is 2.57 bits per heavy atom. The molecule has 0 aliphatic carbocycles. The van der Waals surface area contributed by atoms with Crippen LogP contribution in [0.4, 0.5) is 11.4 Å². The third-order valence-corrected chi connectivity index (χ3v) is 4.03. The molecule has 2 rings (SSSR count). The summed E-state index contributed by atoms with van der Waals surface area (Å²) in [6.07, 6.45) is 0. The lowest BCUT2D eigenvalue weighted by molar-refractivity contribution is -0.384. The molecule has 2 aromatic carbocycles. The fraction of sp³-hybridized carbons (Fsp3) is 0.0714. The number of nitro groups is 1. The van der Waals surface area contributed by atoms with Gasteiger partial charge < -0.3 is 5.32 Å². The topological polar surface area (TPSA) is 72.2 Å². The number of nitrogens with zero attached hydrogens (tertiary/aromatic N) is 1. The van der Waals surface area contributed by atoms with E-state index in [2.05, 4.69) is 21.2 Å². The van der Waals surface area contributed by atoms with E-state index < -0.39 is 4.92 Å². The van der Waals surface area contributed by atoms with Gasteiger partial charge in [0.2, 0.25) is 5.91 Å². The second kappa shape index (κ2) is 7.24. The molecular formula is C14H11BrN2O3S. The summed E-state index contributed by atoms with van der Waals surface area (Å²) < 4.78 is 0.892. The molecule has 0 bridgehead atoms. The number of thioether (sulfide) groups is 1. The van der Waals surface area contributed by atoms with Crippen molar-refractivity contribution in [1.29, 1.82) is 0 Å². The monoisotopic (exact) mass is 366 g/mol. The van der Waals surface area contributed by atoms with Crippen LogP contribution in [0.25, 0.3) is 0 Å². The van der Waals surface area contributed by atoms with Gasteiger partial charge in [-0.2, -0.15) is 0 Å². The van der Waals surface area contributed by atoms with Crippen molar-refractivity contribution in [3.8, 4) is 0 Å². The smallest absolute Gasteiger partial charge is 0.269 e. The molecule has 7 heteroatoms. The Morgan fingerprint density at radius 2 is 1.95 bits per heavy atom. The zero-order valence-electron chi connectivity index (χ0n) is 10.8. The number of amides is 1. The summed E-state index contributed by atoms with van der Waals surface area (Å²) in [6, 6.07) is 13.4. The van der Waals surface area contributed by atoms with Gasteiger partial charge in [-0.05, 0) is 30.3 Å². The van der Waals surface area contributed by atoms with Crippen LogP contribution >= 0.6 is 27.7 Å². The normalized spacial score (nSPS) is 10.1. The van der Waals surface area contributed by atoms with Gasteiger partial charge in [-0.1, -0.05) is 22.0 Å². The number of non-ortho nitro benzene ring substituents is 1. The maximum atomic E-state index is 11.8. The molecule has 5 nitrogen and oxygen atoms in total. The Bertz CT molecular complexity index is 662. The van der Waals surface area contributed by atoms with Crippen LogP contribution in [0.3, 0.4) is 0 Å². The minimum atomic E-state index is -0.450. The third-order valence-electron chi connectivity index (χ3n) is 2.53. The molecule has 0 aliphatic heterocycles. The van der Waals surface area contributed by atoms with E-state index in [4.69, 9.17) is 0 Å². The summed E-state index contributed by atoms with van der Waals surface area (Å²) in [6.45, 7) is 0. The predicted octanol–water partition coefficient (Wildman–Crippen LogP) is 4.09. The number of halogens is 1. The van der Waals surface area contributed by atoms with Crippen molar-refractivity contribution in [3.05, 3.63) is 63.1 Å². The SMILES string of the molecule is O=C(CSc1ccc([N+](=O)[O-])cc1)Nc1cccc(Br)c1. The Morgan fingerprint density at radius 1 is 1.24 bits per heavy atom. The van der Waals surface area contributed by atoms with E-state index in [1.54, 1.807) is 18.2 Å². The predicted molar refractivity (Wildman–Crippen MR) is 86.6 cm³/mol. The van der Waals surface area contributed by atoms with Crippen molar-refractivity contribution in [3.63, 3.8) is 0 Å². The molecule has 0 atom stereocenters. The minimum Gasteiger partial charge on any atom is -0.325 e. The average Bonchev–Trinajstić information content (AvgIpc) is 2.45. The Labute approximate surface area is 134 Å². The molecule has 0 aromatic heterocycles. The van der Waals surface area contributed by atoms with Gasteiger partial charge in [-0.3, -0.25) is 14.9 Å². The second-order valence-corrected chi connectivity index (χ2v) is 6.06. The van der Waals surface area contributed by atoms with E-state index >= 15 is 0 Å². The molecule has 0 saturated heterocycles. The van der Waals surface area contributed by atoms with E-state index in [0.717, 1.165) is 15.1 Å². The molecule has 2 aromatic rings. The summed E-state index contributed by atoms with van der Waals surface area (Å²) in [7, 11) is 0. The molecule has 0 spiro atoms. The molecule has 0 unspecified atom stereocenters. The quantitative estimate of drug-likeness (QED) is 0.491. The van der Waals surface area contributed by atoms with Crippen molar-refractivity contribution in [2.75, 3.05) is 11.1 Å². The van der Waals surface area contributed by atoms with Crippen molar-refractivity contribution in [1.82, 2.24) is 0 Å². The van der Waals surface area contributed by atoms with Crippen molar-refractivity contribution in [2.24, 2.45) is 0 Å². The number of anilines is 1. The van der Waals surface area contributed by atoms with Crippen LogP contribution in [0.2, 0.25) is 0 Å². The van der Waals surface area contributed by atoms with E-state index in [-0.39, 0.29) is 17.3 Å². The molecule has 1 amide bonds. The maximum Gasteiger partial charge on any atom is 0.269 e. The highest BCUT2D eigenvalue weighted by Gasteiger charge is 2.07. The summed E-state index contributed by atoms with van der Waals surface area (Å²) >= 11 is 4.66. The zero-order valence-corrected chi connectivity index (χ0v) is 13.2. The van der Waals surface area contributed by atoms with Gasteiger partial charge in [0.25, 0.3) is 5.69 Å². The van der Waals surface area contributed by atoms with Crippen molar-refractivity contribution < 1.29 is 9.72 Å². The summed E-state index contributed by atoms with van der Waals surface area (Å²) in [5.41, 5.74) is 0.761. The van der Waals surface area contributed by atoms with Gasteiger partial charge in [0, 0.05) is 27.2 Å². The number of nitro benzene ring substituents is 1. The molecule has 1 N–H and O–H groups in total. The highest BCUT2D eigenvalue weighted by Crippen LogP contribution is 2.22. The van der Waals surface area contributed by atoms with Crippen LogP contribution in [-0.2, 0) is 4.79 Å². The number of hydrogen-bond acceptors (Lipinski definition) is 4. The number of benzene rings is 2. The number of rotatable bonds is 5. The highest BCUT2D eigenvalue weighted by molar-refractivity contribution is 9.10. The molecule has 0 saturated carbocycles. The van der Waals surface area contributed by atoms with Gasteiger partial charge in [0.15, 0.2) is 0 Å². The van der Waals surface area contributed by atoms with Gasteiger partial charge in [-0.15, -0.1) is 11.8 Å². The third kappa shape index (κ3) is 4.87. The van der Waals surface area contributed by atoms with Crippen LogP contribution in [0.15, 0.2) is 57.9 Å². The van der Waals surface area contributed by atoms with E-state index in [1.807, 2.05) is 18.2 Å². The van der Waals surface area contributed by atoms with Gasteiger partial charge >= 0.3 is 0 Å². The zero-order chi connectivity index (χ0) is 15.2. The molecule has 0 aliphatic rings.